The lowest BCUT2D eigenvalue weighted by atomic mass is 9.87. The van der Waals surface area contributed by atoms with Crippen molar-refractivity contribution in [3.63, 3.8) is 0 Å². The predicted molar refractivity (Wildman–Crippen MR) is 68.5 cm³/mol. The fourth-order valence-corrected chi connectivity index (χ4v) is 3.37. The maximum absolute atomic E-state index is 4.64. The van der Waals surface area contributed by atoms with E-state index in [1.165, 1.54) is 49.4 Å². The molecule has 0 radical (unpaired) electrons. The Morgan fingerprint density at radius 3 is 2.80 bits per heavy atom. The van der Waals surface area contributed by atoms with Crippen molar-refractivity contribution in [1.29, 1.82) is 0 Å². The molecule has 0 aromatic rings. The van der Waals surface area contributed by atoms with Crippen LogP contribution in [0.15, 0.2) is 4.99 Å². The molecule has 1 aliphatic heterocycles. The zero-order chi connectivity index (χ0) is 10.5. The van der Waals surface area contributed by atoms with Gasteiger partial charge in [-0.05, 0) is 19.3 Å². The number of rotatable bonds is 3. The van der Waals surface area contributed by atoms with E-state index in [2.05, 4.69) is 17.2 Å². The quantitative estimate of drug-likeness (QED) is 0.800. The van der Waals surface area contributed by atoms with Crippen LogP contribution in [0.2, 0.25) is 0 Å². The largest absolute Gasteiger partial charge is 0.362 e. The van der Waals surface area contributed by atoms with Gasteiger partial charge in [0.2, 0.25) is 0 Å². The van der Waals surface area contributed by atoms with Gasteiger partial charge in [-0.25, -0.2) is 0 Å². The highest BCUT2D eigenvalue weighted by Gasteiger charge is 2.16. The van der Waals surface area contributed by atoms with Crippen molar-refractivity contribution in [2.75, 3.05) is 12.3 Å². The molecular weight excluding hydrogens is 204 g/mol. The third-order valence-electron chi connectivity index (χ3n) is 3.36. The van der Waals surface area contributed by atoms with E-state index in [1.54, 1.807) is 0 Å². The number of aliphatic imine (C=N–C) groups is 1. The number of thioether (sulfide) groups is 1. The van der Waals surface area contributed by atoms with Crippen molar-refractivity contribution in [3.8, 4) is 0 Å². The van der Waals surface area contributed by atoms with Crippen LogP contribution in [-0.2, 0) is 0 Å². The van der Waals surface area contributed by atoms with Crippen LogP contribution in [0.1, 0.15) is 45.4 Å². The second-order valence-corrected chi connectivity index (χ2v) is 5.84. The van der Waals surface area contributed by atoms with Gasteiger partial charge in [-0.15, -0.1) is 0 Å². The lowest BCUT2D eigenvalue weighted by Crippen LogP contribution is -2.23. The molecule has 0 amide bonds. The lowest BCUT2D eigenvalue weighted by Gasteiger charge is -2.20. The molecule has 2 aliphatic rings. The monoisotopic (exact) mass is 226 g/mol. The van der Waals surface area contributed by atoms with Gasteiger partial charge >= 0.3 is 0 Å². The average molecular weight is 226 g/mol. The minimum absolute atomic E-state index is 0.614. The summed E-state index contributed by atoms with van der Waals surface area (Å²) >= 11 is 1.88. The summed E-state index contributed by atoms with van der Waals surface area (Å²) in [7, 11) is 0. The molecule has 2 rings (SSSR count). The summed E-state index contributed by atoms with van der Waals surface area (Å²) in [6.45, 7) is 3.25. The zero-order valence-electron chi connectivity index (χ0n) is 9.67. The topological polar surface area (TPSA) is 24.4 Å². The Balaban J connectivity index is 1.65. The van der Waals surface area contributed by atoms with Gasteiger partial charge in [-0.1, -0.05) is 43.9 Å². The van der Waals surface area contributed by atoms with Crippen LogP contribution in [0.25, 0.3) is 0 Å². The SMILES string of the molecule is CC1CSC(=NCCC2CCCCC2)N1. The summed E-state index contributed by atoms with van der Waals surface area (Å²) in [6.07, 6.45) is 8.56. The lowest BCUT2D eigenvalue weighted by molar-refractivity contribution is 0.343. The van der Waals surface area contributed by atoms with Crippen LogP contribution in [0.5, 0.6) is 0 Å². The van der Waals surface area contributed by atoms with Crippen LogP contribution in [0.4, 0.5) is 0 Å². The summed E-state index contributed by atoms with van der Waals surface area (Å²) < 4.78 is 0. The van der Waals surface area contributed by atoms with Gasteiger partial charge in [0, 0.05) is 18.3 Å². The molecule has 0 aromatic heterocycles. The van der Waals surface area contributed by atoms with Crippen molar-refractivity contribution in [2.45, 2.75) is 51.5 Å². The summed E-state index contributed by atoms with van der Waals surface area (Å²) in [6, 6.07) is 0.614. The van der Waals surface area contributed by atoms with E-state index >= 15 is 0 Å². The minimum Gasteiger partial charge on any atom is -0.362 e. The molecule has 1 saturated carbocycles. The van der Waals surface area contributed by atoms with Gasteiger partial charge in [0.25, 0.3) is 0 Å². The first-order valence-corrected chi connectivity index (χ1v) is 7.27. The Hall–Kier alpha value is -0.180. The summed E-state index contributed by atoms with van der Waals surface area (Å²) in [5.41, 5.74) is 0. The molecule has 2 fully saturated rings. The number of nitrogens with zero attached hydrogens (tertiary/aromatic N) is 1. The van der Waals surface area contributed by atoms with Gasteiger partial charge < -0.3 is 5.32 Å². The number of nitrogens with one attached hydrogen (secondary N) is 1. The fraction of sp³-hybridized carbons (Fsp3) is 0.917. The van der Waals surface area contributed by atoms with E-state index in [9.17, 15) is 0 Å². The van der Waals surface area contributed by atoms with E-state index in [4.69, 9.17) is 0 Å². The van der Waals surface area contributed by atoms with Crippen molar-refractivity contribution in [2.24, 2.45) is 10.9 Å². The molecule has 0 bridgehead atoms. The second kappa shape index (κ2) is 5.78. The first kappa shape index (κ1) is 11.3. The molecule has 2 nitrogen and oxygen atoms in total. The summed E-state index contributed by atoms with van der Waals surface area (Å²) in [5.74, 6) is 2.15. The standard InChI is InChI=1S/C12H22N2S/c1-10-9-15-12(14-10)13-8-7-11-5-3-2-4-6-11/h10-11H,2-9H2,1H3,(H,13,14). The van der Waals surface area contributed by atoms with Crippen LogP contribution >= 0.6 is 11.8 Å². The molecule has 1 atom stereocenters. The molecule has 1 N–H and O–H groups in total. The Morgan fingerprint density at radius 1 is 1.33 bits per heavy atom. The normalized spacial score (nSPS) is 30.7. The van der Waals surface area contributed by atoms with Gasteiger partial charge in [0.05, 0.1) is 0 Å². The number of amidine groups is 1. The Kier molecular flexibility index (Phi) is 4.36. The van der Waals surface area contributed by atoms with Gasteiger partial charge in [0.15, 0.2) is 5.17 Å². The van der Waals surface area contributed by atoms with Crippen molar-refractivity contribution >= 4 is 16.9 Å². The molecule has 15 heavy (non-hydrogen) atoms. The molecular formula is C12H22N2S. The van der Waals surface area contributed by atoms with Crippen molar-refractivity contribution in [3.05, 3.63) is 0 Å². The average Bonchev–Trinajstić information content (AvgIpc) is 2.66. The van der Waals surface area contributed by atoms with Crippen LogP contribution in [0.3, 0.4) is 0 Å². The van der Waals surface area contributed by atoms with E-state index < -0.39 is 0 Å². The van der Waals surface area contributed by atoms with Gasteiger partial charge in [-0.2, -0.15) is 0 Å². The van der Waals surface area contributed by atoms with E-state index in [0.717, 1.165) is 12.5 Å². The Labute approximate surface area is 97.3 Å². The predicted octanol–water partition coefficient (Wildman–Crippen LogP) is 3.04. The Morgan fingerprint density at radius 2 is 2.13 bits per heavy atom. The highest BCUT2D eigenvalue weighted by Crippen LogP contribution is 2.26. The zero-order valence-corrected chi connectivity index (χ0v) is 10.5. The van der Waals surface area contributed by atoms with Gasteiger partial charge in [-0.3, -0.25) is 4.99 Å². The molecule has 1 aliphatic carbocycles. The smallest absolute Gasteiger partial charge is 0.156 e. The van der Waals surface area contributed by atoms with Crippen LogP contribution < -0.4 is 5.32 Å². The third kappa shape index (κ3) is 3.71. The van der Waals surface area contributed by atoms with E-state index in [-0.39, 0.29) is 0 Å². The number of hydrogen-bond acceptors (Lipinski definition) is 2. The second-order valence-electron chi connectivity index (χ2n) is 4.84. The number of hydrogen-bond donors (Lipinski definition) is 1. The highest BCUT2D eigenvalue weighted by atomic mass is 32.2. The first-order chi connectivity index (χ1) is 7.34. The fourth-order valence-electron chi connectivity index (χ4n) is 2.41. The highest BCUT2D eigenvalue weighted by molar-refractivity contribution is 8.14. The first-order valence-electron chi connectivity index (χ1n) is 6.28. The summed E-state index contributed by atoms with van der Waals surface area (Å²) in [5, 5.41) is 4.58. The maximum atomic E-state index is 4.64. The maximum Gasteiger partial charge on any atom is 0.156 e. The molecule has 1 saturated heterocycles. The van der Waals surface area contributed by atoms with Gasteiger partial charge in [0.1, 0.15) is 0 Å². The molecule has 1 heterocycles. The van der Waals surface area contributed by atoms with E-state index in [1.807, 2.05) is 11.8 Å². The molecule has 0 aromatic carbocycles. The molecule has 3 heteroatoms. The molecule has 0 spiro atoms. The molecule has 86 valence electrons. The minimum atomic E-state index is 0.614. The van der Waals surface area contributed by atoms with Crippen LogP contribution in [-0.4, -0.2) is 23.5 Å². The van der Waals surface area contributed by atoms with E-state index in [0.29, 0.717) is 6.04 Å². The van der Waals surface area contributed by atoms with Crippen molar-refractivity contribution in [1.82, 2.24) is 5.32 Å². The summed E-state index contributed by atoms with van der Waals surface area (Å²) in [4.78, 5) is 4.64. The van der Waals surface area contributed by atoms with Crippen LogP contribution in [0, 0.1) is 5.92 Å². The third-order valence-corrected chi connectivity index (χ3v) is 4.54. The molecule has 1 unspecified atom stereocenters. The van der Waals surface area contributed by atoms with Crippen molar-refractivity contribution < 1.29 is 0 Å². The Bertz CT molecular complexity index is 222.